The molecular weight excluding hydrogens is 208 g/mol. The van der Waals surface area contributed by atoms with Gasteiger partial charge < -0.3 is 10.2 Å². The summed E-state index contributed by atoms with van der Waals surface area (Å²) in [6, 6.07) is 0. The fourth-order valence-corrected chi connectivity index (χ4v) is 4.52. The molecule has 1 spiro atoms. The molecule has 98 valence electrons. The molecule has 0 amide bonds. The van der Waals surface area contributed by atoms with Crippen LogP contribution in [-0.4, -0.2) is 37.6 Å². The van der Waals surface area contributed by atoms with Crippen molar-refractivity contribution in [2.75, 3.05) is 32.7 Å². The van der Waals surface area contributed by atoms with Gasteiger partial charge in [0.2, 0.25) is 0 Å². The van der Waals surface area contributed by atoms with Gasteiger partial charge in [-0.3, -0.25) is 0 Å². The van der Waals surface area contributed by atoms with Gasteiger partial charge in [0.05, 0.1) is 0 Å². The molecule has 2 nitrogen and oxygen atoms in total. The van der Waals surface area contributed by atoms with E-state index in [0.717, 1.165) is 5.41 Å². The van der Waals surface area contributed by atoms with Crippen LogP contribution in [0.3, 0.4) is 0 Å². The van der Waals surface area contributed by atoms with Crippen molar-refractivity contribution in [3.05, 3.63) is 0 Å². The molecule has 17 heavy (non-hydrogen) atoms. The molecule has 3 aliphatic rings. The molecule has 2 heteroatoms. The van der Waals surface area contributed by atoms with Crippen LogP contribution in [0, 0.1) is 10.8 Å². The Bertz CT molecular complexity index is 260. The zero-order valence-corrected chi connectivity index (χ0v) is 11.4. The number of piperidine rings is 1. The molecule has 0 aromatic carbocycles. The standard InChI is InChI=1S/C15H28N2/c1-14(8-9-16-11-14)12-17-10-4-7-15(13-17)5-2-3-6-15/h16H,2-13H2,1H3. The largest absolute Gasteiger partial charge is 0.316 e. The minimum atomic E-state index is 0.553. The summed E-state index contributed by atoms with van der Waals surface area (Å²) in [5.41, 5.74) is 1.29. The van der Waals surface area contributed by atoms with Gasteiger partial charge in [0.15, 0.2) is 0 Å². The van der Waals surface area contributed by atoms with Gasteiger partial charge >= 0.3 is 0 Å². The van der Waals surface area contributed by atoms with Crippen molar-refractivity contribution < 1.29 is 0 Å². The van der Waals surface area contributed by atoms with Crippen molar-refractivity contribution in [3.8, 4) is 0 Å². The van der Waals surface area contributed by atoms with E-state index < -0.39 is 0 Å². The highest BCUT2D eigenvalue weighted by Crippen LogP contribution is 2.45. The summed E-state index contributed by atoms with van der Waals surface area (Å²) < 4.78 is 0. The highest BCUT2D eigenvalue weighted by molar-refractivity contribution is 4.94. The lowest BCUT2D eigenvalue weighted by atomic mass is 9.77. The van der Waals surface area contributed by atoms with Crippen LogP contribution in [0.4, 0.5) is 0 Å². The third-order valence-corrected chi connectivity index (χ3v) is 5.47. The molecule has 0 aromatic rings. The summed E-state index contributed by atoms with van der Waals surface area (Å²) in [4.78, 5) is 2.79. The predicted octanol–water partition coefficient (Wildman–Crippen LogP) is 2.64. The summed E-state index contributed by atoms with van der Waals surface area (Å²) in [5, 5.41) is 3.54. The third-order valence-electron chi connectivity index (χ3n) is 5.47. The minimum absolute atomic E-state index is 0.553. The first-order chi connectivity index (χ1) is 8.20. The molecular formula is C15H28N2. The smallest absolute Gasteiger partial charge is 0.00482 e. The van der Waals surface area contributed by atoms with Crippen molar-refractivity contribution in [2.45, 2.75) is 51.9 Å². The lowest BCUT2D eigenvalue weighted by Crippen LogP contribution is -2.46. The van der Waals surface area contributed by atoms with Gasteiger partial charge in [-0.05, 0) is 56.0 Å². The molecule has 2 saturated heterocycles. The number of nitrogens with one attached hydrogen (secondary N) is 1. The van der Waals surface area contributed by atoms with E-state index in [9.17, 15) is 0 Å². The third kappa shape index (κ3) is 2.53. The van der Waals surface area contributed by atoms with E-state index in [1.807, 2.05) is 0 Å². The molecule has 0 aromatic heterocycles. The van der Waals surface area contributed by atoms with E-state index in [4.69, 9.17) is 0 Å². The van der Waals surface area contributed by atoms with Crippen molar-refractivity contribution in [1.82, 2.24) is 10.2 Å². The Balaban J connectivity index is 1.60. The predicted molar refractivity (Wildman–Crippen MR) is 72.2 cm³/mol. The van der Waals surface area contributed by atoms with Crippen LogP contribution in [0.25, 0.3) is 0 Å². The van der Waals surface area contributed by atoms with Gasteiger partial charge in [0.25, 0.3) is 0 Å². The maximum atomic E-state index is 3.54. The van der Waals surface area contributed by atoms with Crippen molar-refractivity contribution in [1.29, 1.82) is 0 Å². The fraction of sp³-hybridized carbons (Fsp3) is 1.00. The number of likely N-dealkylation sites (tertiary alicyclic amines) is 1. The molecule has 1 saturated carbocycles. The number of hydrogen-bond acceptors (Lipinski definition) is 2. The first kappa shape index (κ1) is 12.0. The molecule has 1 unspecified atom stereocenters. The molecule has 3 rings (SSSR count). The first-order valence-electron chi connectivity index (χ1n) is 7.63. The van der Waals surface area contributed by atoms with Gasteiger partial charge in [-0.15, -0.1) is 0 Å². The Morgan fingerprint density at radius 2 is 1.82 bits per heavy atom. The quantitative estimate of drug-likeness (QED) is 0.793. The van der Waals surface area contributed by atoms with Crippen LogP contribution < -0.4 is 5.32 Å². The van der Waals surface area contributed by atoms with Crippen LogP contribution in [-0.2, 0) is 0 Å². The van der Waals surface area contributed by atoms with E-state index in [1.165, 1.54) is 77.7 Å². The Hall–Kier alpha value is -0.0800. The Morgan fingerprint density at radius 3 is 2.53 bits per heavy atom. The molecule has 2 heterocycles. The van der Waals surface area contributed by atoms with Gasteiger partial charge in [0.1, 0.15) is 0 Å². The Labute approximate surface area is 106 Å². The van der Waals surface area contributed by atoms with Gasteiger partial charge in [0, 0.05) is 19.6 Å². The number of hydrogen-bond donors (Lipinski definition) is 1. The van der Waals surface area contributed by atoms with Crippen LogP contribution in [0.5, 0.6) is 0 Å². The van der Waals surface area contributed by atoms with Crippen LogP contribution >= 0.6 is 0 Å². The first-order valence-corrected chi connectivity index (χ1v) is 7.63. The molecule has 1 aliphatic carbocycles. The molecule has 1 atom stereocenters. The minimum Gasteiger partial charge on any atom is -0.316 e. The summed E-state index contributed by atoms with van der Waals surface area (Å²) in [7, 11) is 0. The SMILES string of the molecule is CC1(CN2CCCC3(CCCC3)C2)CCNC1. The van der Waals surface area contributed by atoms with Gasteiger partial charge in [-0.2, -0.15) is 0 Å². The zero-order chi connectivity index (χ0) is 11.8. The second-order valence-corrected chi connectivity index (χ2v) is 7.26. The second-order valence-electron chi connectivity index (χ2n) is 7.26. The van der Waals surface area contributed by atoms with E-state index >= 15 is 0 Å². The summed E-state index contributed by atoms with van der Waals surface area (Å²) >= 11 is 0. The van der Waals surface area contributed by atoms with E-state index in [0.29, 0.717) is 5.41 Å². The second kappa shape index (κ2) is 4.55. The fourth-order valence-electron chi connectivity index (χ4n) is 4.52. The maximum absolute atomic E-state index is 3.54. The number of nitrogens with zero attached hydrogens (tertiary/aromatic N) is 1. The number of rotatable bonds is 2. The summed E-state index contributed by atoms with van der Waals surface area (Å²) in [6.07, 6.45) is 10.3. The normalized spacial score (nSPS) is 37.9. The molecule has 0 radical (unpaired) electrons. The van der Waals surface area contributed by atoms with E-state index in [-0.39, 0.29) is 0 Å². The average Bonchev–Trinajstić information content (AvgIpc) is 2.89. The van der Waals surface area contributed by atoms with Gasteiger partial charge in [-0.25, -0.2) is 0 Å². The van der Waals surface area contributed by atoms with Crippen molar-refractivity contribution >= 4 is 0 Å². The van der Waals surface area contributed by atoms with Crippen molar-refractivity contribution in [2.24, 2.45) is 10.8 Å². The lowest BCUT2D eigenvalue weighted by molar-refractivity contribution is 0.0632. The van der Waals surface area contributed by atoms with Crippen LogP contribution in [0.15, 0.2) is 0 Å². The monoisotopic (exact) mass is 236 g/mol. The summed E-state index contributed by atoms with van der Waals surface area (Å²) in [5.74, 6) is 0. The molecule has 0 bridgehead atoms. The topological polar surface area (TPSA) is 15.3 Å². The molecule has 3 fully saturated rings. The average molecular weight is 236 g/mol. The zero-order valence-electron chi connectivity index (χ0n) is 11.4. The van der Waals surface area contributed by atoms with E-state index in [1.54, 1.807) is 0 Å². The molecule has 1 N–H and O–H groups in total. The van der Waals surface area contributed by atoms with E-state index in [2.05, 4.69) is 17.1 Å². The Kier molecular flexibility index (Phi) is 3.20. The van der Waals surface area contributed by atoms with Gasteiger partial charge in [-0.1, -0.05) is 19.8 Å². The summed E-state index contributed by atoms with van der Waals surface area (Å²) in [6.45, 7) is 9.04. The maximum Gasteiger partial charge on any atom is 0.00482 e. The van der Waals surface area contributed by atoms with Crippen LogP contribution in [0.1, 0.15) is 51.9 Å². The highest BCUT2D eigenvalue weighted by atomic mass is 15.2. The lowest BCUT2D eigenvalue weighted by Gasteiger charge is -2.43. The Morgan fingerprint density at radius 1 is 1.06 bits per heavy atom. The van der Waals surface area contributed by atoms with Crippen molar-refractivity contribution in [3.63, 3.8) is 0 Å². The molecule has 2 aliphatic heterocycles. The highest BCUT2D eigenvalue weighted by Gasteiger charge is 2.40. The van der Waals surface area contributed by atoms with Crippen LogP contribution in [0.2, 0.25) is 0 Å².